The number of hydrogen-bond acceptors (Lipinski definition) is 3. The molecule has 142 valence electrons. The van der Waals surface area contributed by atoms with Gasteiger partial charge in [0, 0.05) is 25.2 Å². The lowest BCUT2D eigenvalue weighted by Gasteiger charge is -2.19. The molecule has 0 radical (unpaired) electrons. The summed E-state index contributed by atoms with van der Waals surface area (Å²) in [6.45, 7) is 3.90. The van der Waals surface area contributed by atoms with E-state index in [9.17, 15) is 14.7 Å². The molecule has 0 spiro atoms. The van der Waals surface area contributed by atoms with Crippen molar-refractivity contribution in [2.45, 2.75) is 90.6 Å². The Labute approximate surface area is 152 Å². The molecule has 25 heavy (non-hydrogen) atoms. The van der Waals surface area contributed by atoms with Crippen LogP contribution >= 0.6 is 0 Å². The number of Topliss-reactive ketones (excluding diaryl/α,β-unsaturated/α-hetero) is 1. The van der Waals surface area contributed by atoms with E-state index in [4.69, 9.17) is 5.11 Å². The minimum absolute atomic E-state index is 0.184. The van der Waals surface area contributed by atoms with Crippen LogP contribution in [0.5, 0.6) is 0 Å². The van der Waals surface area contributed by atoms with Crippen molar-refractivity contribution >= 4 is 11.8 Å². The Morgan fingerprint density at radius 3 is 2.60 bits per heavy atom. The summed E-state index contributed by atoms with van der Waals surface area (Å²) in [5.74, 6) is 6.08. The number of carboxylic acids is 1. The van der Waals surface area contributed by atoms with Crippen molar-refractivity contribution in [3.05, 3.63) is 0 Å². The molecule has 1 aliphatic carbocycles. The molecular weight excluding hydrogens is 316 g/mol. The van der Waals surface area contributed by atoms with Crippen molar-refractivity contribution < 1.29 is 19.8 Å². The highest BCUT2D eigenvalue weighted by Gasteiger charge is 2.33. The summed E-state index contributed by atoms with van der Waals surface area (Å²) in [5.41, 5.74) is 0. The molecular formula is C21H34O4. The zero-order chi connectivity index (χ0) is 18.7. The first-order valence-corrected chi connectivity index (χ1v) is 9.86. The quantitative estimate of drug-likeness (QED) is 0.433. The van der Waals surface area contributed by atoms with E-state index in [1.165, 1.54) is 0 Å². The molecule has 0 amide bonds. The molecule has 1 aliphatic rings. The second-order valence-corrected chi connectivity index (χ2v) is 7.41. The molecule has 0 aromatic heterocycles. The third-order valence-corrected chi connectivity index (χ3v) is 5.34. The molecule has 0 aromatic carbocycles. The maximum Gasteiger partial charge on any atom is 0.332 e. The van der Waals surface area contributed by atoms with E-state index in [2.05, 4.69) is 18.8 Å². The third-order valence-electron chi connectivity index (χ3n) is 5.34. The molecule has 0 aliphatic heterocycles. The van der Waals surface area contributed by atoms with Gasteiger partial charge in [-0.25, -0.2) is 4.79 Å². The number of rotatable bonds is 11. The van der Waals surface area contributed by atoms with Gasteiger partial charge < -0.3 is 10.2 Å². The zero-order valence-electron chi connectivity index (χ0n) is 15.8. The minimum Gasteiger partial charge on any atom is -0.479 e. The number of unbranched alkanes of at least 4 members (excludes halogenated alkanes) is 3. The molecule has 0 heterocycles. The van der Waals surface area contributed by atoms with E-state index < -0.39 is 12.1 Å². The number of aliphatic carboxylic acids is 1. The van der Waals surface area contributed by atoms with Crippen LogP contribution in [0, 0.1) is 29.6 Å². The summed E-state index contributed by atoms with van der Waals surface area (Å²) >= 11 is 0. The van der Waals surface area contributed by atoms with Gasteiger partial charge in [0.15, 0.2) is 6.10 Å². The molecule has 0 saturated heterocycles. The van der Waals surface area contributed by atoms with Crippen molar-refractivity contribution in [3.63, 3.8) is 0 Å². The maximum atomic E-state index is 12.1. The van der Waals surface area contributed by atoms with Gasteiger partial charge >= 0.3 is 5.97 Å². The van der Waals surface area contributed by atoms with Gasteiger partial charge in [-0.05, 0) is 50.4 Å². The third kappa shape index (κ3) is 8.05. The fourth-order valence-electron chi connectivity index (χ4n) is 3.71. The first kappa shape index (κ1) is 21.7. The van der Waals surface area contributed by atoms with Crippen molar-refractivity contribution in [2.75, 3.05) is 0 Å². The molecule has 2 N–H and O–H groups in total. The lowest BCUT2D eigenvalue weighted by atomic mass is 9.86. The summed E-state index contributed by atoms with van der Waals surface area (Å²) in [7, 11) is 0. The molecule has 1 saturated carbocycles. The summed E-state index contributed by atoms with van der Waals surface area (Å²) in [6, 6.07) is 0. The van der Waals surface area contributed by atoms with Crippen LogP contribution in [0.25, 0.3) is 0 Å². The predicted molar refractivity (Wildman–Crippen MR) is 99.0 cm³/mol. The van der Waals surface area contributed by atoms with Crippen LogP contribution in [-0.2, 0) is 9.59 Å². The Bertz CT molecular complexity index is 474. The van der Waals surface area contributed by atoms with Gasteiger partial charge in [0.05, 0.1) is 0 Å². The number of ketones is 1. The molecule has 1 fully saturated rings. The zero-order valence-corrected chi connectivity index (χ0v) is 15.8. The highest BCUT2D eigenvalue weighted by Crippen LogP contribution is 2.36. The molecule has 0 aromatic rings. The SMILES string of the molecule is CCCC#CCCC[C@H]1CCC(=O)[C@@H]1CCCCC(C)C(O)C(=O)O. The van der Waals surface area contributed by atoms with Crippen LogP contribution in [0.15, 0.2) is 0 Å². The average Bonchev–Trinajstić information content (AvgIpc) is 2.93. The highest BCUT2D eigenvalue weighted by atomic mass is 16.4. The van der Waals surface area contributed by atoms with E-state index in [0.717, 1.165) is 57.8 Å². The molecule has 4 nitrogen and oxygen atoms in total. The van der Waals surface area contributed by atoms with Crippen LogP contribution in [0.3, 0.4) is 0 Å². The predicted octanol–water partition coefficient (Wildman–Crippen LogP) is 4.20. The molecule has 0 bridgehead atoms. The normalized spacial score (nSPS) is 22.3. The topological polar surface area (TPSA) is 74.6 Å². The molecule has 2 unspecified atom stereocenters. The smallest absolute Gasteiger partial charge is 0.332 e. The van der Waals surface area contributed by atoms with Crippen LogP contribution in [-0.4, -0.2) is 28.1 Å². The van der Waals surface area contributed by atoms with Crippen LogP contribution in [0.1, 0.15) is 84.5 Å². The molecule has 1 rings (SSSR count). The fourth-order valence-corrected chi connectivity index (χ4v) is 3.71. The Hall–Kier alpha value is -1.34. The van der Waals surface area contributed by atoms with E-state index in [1.54, 1.807) is 6.92 Å². The van der Waals surface area contributed by atoms with Gasteiger partial charge in [-0.1, -0.05) is 26.7 Å². The van der Waals surface area contributed by atoms with Crippen molar-refractivity contribution in [1.29, 1.82) is 0 Å². The number of hydrogen-bond donors (Lipinski definition) is 2. The van der Waals surface area contributed by atoms with Gasteiger partial charge in [-0.3, -0.25) is 4.79 Å². The van der Waals surface area contributed by atoms with Gasteiger partial charge in [0.2, 0.25) is 0 Å². The minimum atomic E-state index is -1.28. The lowest BCUT2D eigenvalue weighted by Crippen LogP contribution is -2.27. The Morgan fingerprint density at radius 2 is 1.92 bits per heavy atom. The van der Waals surface area contributed by atoms with E-state index in [-0.39, 0.29) is 11.8 Å². The number of carbonyl (C=O) groups excluding carboxylic acids is 1. The fraction of sp³-hybridized carbons (Fsp3) is 0.810. The second-order valence-electron chi connectivity index (χ2n) is 7.41. The molecule has 4 heteroatoms. The number of aliphatic hydroxyl groups is 1. The summed E-state index contributed by atoms with van der Waals surface area (Å²) in [5, 5.41) is 18.3. The van der Waals surface area contributed by atoms with Gasteiger partial charge in [0.25, 0.3) is 0 Å². The van der Waals surface area contributed by atoms with Gasteiger partial charge in [-0.2, -0.15) is 0 Å². The Kier molecular flexibility index (Phi) is 10.5. The monoisotopic (exact) mass is 350 g/mol. The number of carboxylic acid groups (broad SMARTS) is 1. The summed E-state index contributed by atoms with van der Waals surface area (Å²) in [4.78, 5) is 22.9. The largest absolute Gasteiger partial charge is 0.479 e. The first-order valence-electron chi connectivity index (χ1n) is 9.86. The van der Waals surface area contributed by atoms with Crippen molar-refractivity contribution in [1.82, 2.24) is 0 Å². The Morgan fingerprint density at radius 1 is 1.20 bits per heavy atom. The number of aliphatic hydroxyl groups excluding tert-OH is 1. The van der Waals surface area contributed by atoms with E-state index in [0.29, 0.717) is 24.5 Å². The van der Waals surface area contributed by atoms with E-state index >= 15 is 0 Å². The maximum absolute atomic E-state index is 12.1. The van der Waals surface area contributed by atoms with Crippen molar-refractivity contribution in [3.8, 4) is 11.8 Å². The van der Waals surface area contributed by atoms with Gasteiger partial charge in [0.1, 0.15) is 5.78 Å². The second kappa shape index (κ2) is 12.1. The summed E-state index contributed by atoms with van der Waals surface area (Å²) in [6.07, 6.45) is 9.01. The average molecular weight is 350 g/mol. The molecule has 4 atom stereocenters. The Balaban J connectivity index is 2.27. The van der Waals surface area contributed by atoms with Crippen molar-refractivity contribution in [2.24, 2.45) is 17.8 Å². The summed E-state index contributed by atoms with van der Waals surface area (Å²) < 4.78 is 0. The van der Waals surface area contributed by atoms with Crippen LogP contribution in [0.2, 0.25) is 0 Å². The van der Waals surface area contributed by atoms with Crippen LogP contribution in [0.4, 0.5) is 0 Å². The lowest BCUT2D eigenvalue weighted by molar-refractivity contribution is -0.149. The first-order chi connectivity index (χ1) is 12.0. The van der Waals surface area contributed by atoms with E-state index in [1.807, 2.05) is 0 Å². The number of carbonyl (C=O) groups is 2. The standard InChI is InChI=1S/C21H34O4/c1-3-4-5-6-7-8-12-17-14-15-19(22)18(17)13-10-9-11-16(2)20(23)21(24)25/h16-18,20,23H,3-4,7-15H2,1-2H3,(H,24,25)/t16?,17-,18+,20?/m0/s1. The van der Waals surface area contributed by atoms with Gasteiger partial charge in [-0.15, -0.1) is 11.8 Å². The highest BCUT2D eigenvalue weighted by molar-refractivity contribution is 5.83. The van der Waals surface area contributed by atoms with Crippen LogP contribution < -0.4 is 0 Å².